The molecule has 32 heavy (non-hydrogen) atoms. The van der Waals surface area contributed by atoms with E-state index in [1.165, 1.54) is 23.5 Å². The van der Waals surface area contributed by atoms with Crippen molar-refractivity contribution in [2.24, 2.45) is 0 Å². The van der Waals surface area contributed by atoms with Crippen LogP contribution in [0.25, 0.3) is 10.6 Å². The lowest BCUT2D eigenvalue weighted by Crippen LogP contribution is -2.19. The van der Waals surface area contributed by atoms with Crippen LogP contribution >= 0.6 is 23.1 Å². The number of hydrogen-bond acceptors (Lipinski definition) is 6. The maximum atomic E-state index is 13.1. The van der Waals surface area contributed by atoms with Gasteiger partial charge in [-0.1, -0.05) is 41.7 Å². The van der Waals surface area contributed by atoms with E-state index in [2.05, 4.69) is 20.8 Å². The van der Waals surface area contributed by atoms with Gasteiger partial charge in [0.05, 0.1) is 7.11 Å². The molecule has 2 N–H and O–H groups in total. The minimum absolute atomic E-state index is 0.246. The van der Waals surface area contributed by atoms with E-state index in [0.29, 0.717) is 27.3 Å². The quantitative estimate of drug-likeness (QED) is 0.313. The van der Waals surface area contributed by atoms with Gasteiger partial charge in [0.25, 0.3) is 0 Å². The molecule has 0 aliphatic carbocycles. The lowest BCUT2D eigenvalue weighted by atomic mass is 10.2. The first kappa shape index (κ1) is 21.8. The number of methoxy groups -OCH3 is 1. The normalized spacial score (nSPS) is 10.6. The zero-order valence-electron chi connectivity index (χ0n) is 17.0. The molecule has 4 rings (SSSR count). The lowest BCUT2D eigenvalue weighted by molar-refractivity contribution is 0.262. The first-order valence-electron chi connectivity index (χ1n) is 9.63. The second kappa shape index (κ2) is 10.3. The Morgan fingerprint density at radius 3 is 2.50 bits per heavy atom. The summed E-state index contributed by atoms with van der Waals surface area (Å²) in [7, 11) is 1.58. The number of urea groups is 1. The van der Waals surface area contributed by atoms with Gasteiger partial charge in [-0.2, -0.15) is 0 Å². The summed E-state index contributed by atoms with van der Waals surface area (Å²) < 4.78 is 18.2. The zero-order chi connectivity index (χ0) is 22.3. The molecule has 0 atom stereocenters. The Hall–Kier alpha value is -3.43. The number of amides is 2. The highest BCUT2D eigenvalue weighted by molar-refractivity contribution is 7.98. The third-order valence-corrected chi connectivity index (χ3v) is 6.44. The molecule has 162 valence electrons. The minimum Gasteiger partial charge on any atom is -0.497 e. The summed E-state index contributed by atoms with van der Waals surface area (Å²) in [6.07, 6.45) is 0. The van der Waals surface area contributed by atoms with Crippen LogP contribution in [0.1, 0.15) is 5.56 Å². The van der Waals surface area contributed by atoms with Crippen molar-refractivity contribution < 1.29 is 13.9 Å². The smallest absolute Gasteiger partial charge is 0.325 e. The predicted octanol–water partition coefficient (Wildman–Crippen LogP) is 6.29. The molecule has 1 heterocycles. The highest BCUT2D eigenvalue weighted by Gasteiger charge is 2.13. The van der Waals surface area contributed by atoms with Gasteiger partial charge in [-0.3, -0.25) is 5.32 Å². The van der Waals surface area contributed by atoms with Crippen molar-refractivity contribution in [3.63, 3.8) is 0 Å². The molecular formula is C23H19FN4O2S2. The molecule has 0 fully saturated rings. The van der Waals surface area contributed by atoms with E-state index in [-0.39, 0.29) is 5.82 Å². The summed E-state index contributed by atoms with van der Waals surface area (Å²) >= 11 is 2.93. The molecule has 9 heteroatoms. The molecular weight excluding hydrogens is 447 g/mol. The third kappa shape index (κ3) is 5.63. The number of nitrogens with one attached hydrogen (secondary N) is 2. The molecule has 0 aliphatic rings. The number of rotatable bonds is 7. The predicted molar refractivity (Wildman–Crippen MR) is 127 cm³/mol. The fourth-order valence-corrected chi connectivity index (χ4v) is 4.68. The first-order chi connectivity index (χ1) is 15.6. The Labute approximate surface area is 192 Å². The van der Waals surface area contributed by atoms with E-state index in [9.17, 15) is 9.18 Å². The van der Waals surface area contributed by atoms with Gasteiger partial charge in [0.1, 0.15) is 11.6 Å². The average Bonchev–Trinajstić information content (AvgIpc) is 3.27. The van der Waals surface area contributed by atoms with E-state index in [4.69, 9.17) is 4.74 Å². The Balaban J connectivity index is 1.41. The van der Waals surface area contributed by atoms with Gasteiger partial charge in [-0.05, 0) is 48.0 Å². The number of nitrogens with zero attached hydrogens (tertiary/aromatic N) is 2. The van der Waals surface area contributed by atoms with Crippen LogP contribution in [0.5, 0.6) is 5.75 Å². The summed E-state index contributed by atoms with van der Waals surface area (Å²) in [5.74, 6) is 1.16. The van der Waals surface area contributed by atoms with Gasteiger partial charge in [0.2, 0.25) is 5.13 Å². The van der Waals surface area contributed by atoms with Crippen molar-refractivity contribution in [3.8, 4) is 16.3 Å². The molecule has 0 bridgehead atoms. The van der Waals surface area contributed by atoms with Crippen LogP contribution in [0.15, 0.2) is 77.7 Å². The molecule has 0 aliphatic heterocycles. The van der Waals surface area contributed by atoms with Crippen LogP contribution < -0.4 is 15.4 Å². The second-order valence-corrected chi connectivity index (χ2v) is 8.63. The van der Waals surface area contributed by atoms with E-state index >= 15 is 0 Å². The third-order valence-electron chi connectivity index (χ3n) is 4.42. The van der Waals surface area contributed by atoms with Gasteiger partial charge >= 0.3 is 6.03 Å². The van der Waals surface area contributed by atoms with Crippen molar-refractivity contribution in [2.45, 2.75) is 10.6 Å². The fraction of sp³-hybridized carbons (Fsp3) is 0.0870. The van der Waals surface area contributed by atoms with Crippen LogP contribution in [0.4, 0.5) is 20.0 Å². The standard InChI is InChI=1S/C23H19FN4O2S2/c1-30-18-12-10-17(11-13-18)25-22(29)26-23-28-27-21(32-23)19-4-2-3-5-20(19)31-14-15-6-8-16(24)9-7-15/h2-13H,14H2,1H3,(H2,25,26,28,29). The first-order valence-corrected chi connectivity index (χ1v) is 11.4. The number of halogens is 1. The van der Waals surface area contributed by atoms with Crippen molar-refractivity contribution >= 4 is 39.9 Å². The summed E-state index contributed by atoms with van der Waals surface area (Å²) in [6, 6.07) is 21.0. The Bertz CT molecular complexity index is 1200. The van der Waals surface area contributed by atoms with Crippen molar-refractivity contribution in [3.05, 3.63) is 84.2 Å². The van der Waals surface area contributed by atoms with Crippen LogP contribution in [-0.2, 0) is 5.75 Å². The molecule has 2 amide bonds. The Kier molecular flexibility index (Phi) is 6.98. The van der Waals surface area contributed by atoms with Gasteiger partial charge < -0.3 is 10.1 Å². The largest absolute Gasteiger partial charge is 0.497 e. The van der Waals surface area contributed by atoms with Crippen molar-refractivity contribution in [2.75, 3.05) is 17.7 Å². The number of ether oxygens (including phenoxy) is 1. The minimum atomic E-state index is -0.406. The maximum Gasteiger partial charge on any atom is 0.325 e. The maximum absolute atomic E-state index is 13.1. The summed E-state index contributed by atoms with van der Waals surface area (Å²) in [5.41, 5.74) is 2.59. The summed E-state index contributed by atoms with van der Waals surface area (Å²) in [6.45, 7) is 0. The molecule has 6 nitrogen and oxygen atoms in total. The van der Waals surface area contributed by atoms with Crippen molar-refractivity contribution in [1.82, 2.24) is 10.2 Å². The molecule has 0 saturated carbocycles. The summed E-state index contributed by atoms with van der Waals surface area (Å²) in [5, 5.41) is 14.9. The molecule has 0 radical (unpaired) electrons. The molecule has 0 saturated heterocycles. The topological polar surface area (TPSA) is 76.1 Å². The number of anilines is 2. The van der Waals surface area contributed by atoms with Crippen LogP contribution in [0.3, 0.4) is 0 Å². The van der Waals surface area contributed by atoms with Gasteiger partial charge in [-0.15, -0.1) is 22.0 Å². The van der Waals surface area contributed by atoms with Crippen molar-refractivity contribution in [1.29, 1.82) is 0 Å². The van der Waals surface area contributed by atoms with E-state index in [1.54, 1.807) is 55.3 Å². The van der Waals surface area contributed by atoms with Gasteiger partial charge in [0, 0.05) is 21.9 Å². The van der Waals surface area contributed by atoms with Crippen LogP contribution in [-0.4, -0.2) is 23.3 Å². The molecule has 0 spiro atoms. The highest BCUT2D eigenvalue weighted by atomic mass is 32.2. The molecule has 0 unspecified atom stereocenters. The van der Waals surface area contributed by atoms with Crippen LogP contribution in [0.2, 0.25) is 0 Å². The molecule has 1 aromatic heterocycles. The monoisotopic (exact) mass is 466 g/mol. The number of carbonyl (C=O) groups excluding carboxylic acids is 1. The SMILES string of the molecule is COc1ccc(NC(=O)Nc2nnc(-c3ccccc3SCc3ccc(F)cc3)s2)cc1. The zero-order valence-corrected chi connectivity index (χ0v) is 18.7. The Morgan fingerprint density at radius 2 is 1.75 bits per heavy atom. The Morgan fingerprint density at radius 1 is 1.00 bits per heavy atom. The number of aromatic nitrogens is 2. The van der Waals surface area contributed by atoms with E-state index < -0.39 is 6.03 Å². The van der Waals surface area contributed by atoms with E-state index in [0.717, 1.165) is 16.0 Å². The van der Waals surface area contributed by atoms with Crippen LogP contribution in [0, 0.1) is 5.82 Å². The average molecular weight is 467 g/mol. The van der Waals surface area contributed by atoms with E-state index in [1.807, 2.05) is 24.3 Å². The number of thioether (sulfide) groups is 1. The number of carbonyl (C=O) groups is 1. The lowest BCUT2D eigenvalue weighted by Gasteiger charge is -2.07. The van der Waals surface area contributed by atoms with Gasteiger partial charge in [-0.25, -0.2) is 9.18 Å². The number of hydrogen-bond donors (Lipinski definition) is 2. The molecule has 3 aromatic carbocycles. The van der Waals surface area contributed by atoms with Gasteiger partial charge in [0.15, 0.2) is 5.01 Å². The number of benzene rings is 3. The summed E-state index contributed by atoms with van der Waals surface area (Å²) in [4.78, 5) is 13.3. The fourth-order valence-electron chi connectivity index (χ4n) is 2.83. The molecule has 4 aromatic rings. The highest BCUT2D eigenvalue weighted by Crippen LogP contribution is 2.35. The second-order valence-electron chi connectivity index (χ2n) is 6.63.